The Morgan fingerprint density at radius 2 is 1.41 bits per heavy atom. The van der Waals surface area contributed by atoms with Crippen molar-refractivity contribution in [3.05, 3.63) is 112 Å². The van der Waals surface area contributed by atoms with E-state index in [-0.39, 0.29) is 12.0 Å². The molecule has 0 spiro atoms. The van der Waals surface area contributed by atoms with Crippen LogP contribution in [0.15, 0.2) is 112 Å². The zero-order valence-corrected chi connectivity index (χ0v) is 25.3. The molecule has 3 nitrogen and oxygen atoms in total. The van der Waals surface area contributed by atoms with Gasteiger partial charge in [-0.3, -0.25) is 0 Å². The molecular formula is C33H40O3Sn. The van der Waals surface area contributed by atoms with Gasteiger partial charge in [-0.25, -0.2) is 0 Å². The molecule has 0 unspecified atom stereocenters. The van der Waals surface area contributed by atoms with Crippen molar-refractivity contribution in [2.45, 2.75) is 39.2 Å². The average Bonchev–Trinajstić information content (AvgIpc) is 2.97. The van der Waals surface area contributed by atoms with Crippen LogP contribution in [-0.4, -0.2) is 51.4 Å². The van der Waals surface area contributed by atoms with E-state index < -0.39 is 18.4 Å². The van der Waals surface area contributed by atoms with Crippen molar-refractivity contribution in [1.82, 2.24) is 0 Å². The van der Waals surface area contributed by atoms with Gasteiger partial charge in [0.05, 0.1) is 0 Å². The Bertz CT molecular complexity index is 1050. The van der Waals surface area contributed by atoms with Crippen molar-refractivity contribution < 1.29 is 14.2 Å². The van der Waals surface area contributed by atoms with Gasteiger partial charge in [0.15, 0.2) is 0 Å². The monoisotopic (exact) mass is 604 g/mol. The second kappa shape index (κ2) is 14.0. The molecule has 0 radical (unpaired) electrons. The number of ether oxygens (including phenoxy) is 3. The van der Waals surface area contributed by atoms with E-state index in [0.29, 0.717) is 13.2 Å². The zero-order valence-electron chi connectivity index (χ0n) is 22.4. The molecule has 1 fully saturated rings. The van der Waals surface area contributed by atoms with Gasteiger partial charge in [0.1, 0.15) is 0 Å². The third-order valence-electron chi connectivity index (χ3n) is 7.41. The summed E-state index contributed by atoms with van der Waals surface area (Å²) in [6.07, 6.45) is 4.98. The molecule has 37 heavy (non-hydrogen) atoms. The second-order valence-corrected chi connectivity index (χ2v) is 20.0. The fourth-order valence-corrected chi connectivity index (χ4v) is 18.5. The van der Waals surface area contributed by atoms with E-state index in [2.05, 4.69) is 115 Å². The Balaban J connectivity index is 1.87. The van der Waals surface area contributed by atoms with E-state index in [0.717, 1.165) is 31.6 Å². The van der Waals surface area contributed by atoms with E-state index in [1.165, 1.54) is 16.3 Å². The van der Waals surface area contributed by atoms with Crippen LogP contribution in [0, 0.1) is 5.92 Å². The van der Waals surface area contributed by atoms with E-state index >= 15 is 0 Å². The average molecular weight is 603 g/mol. The summed E-state index contributed by atoms with van der Waals surface area (Å²) >= 11 is -3.55. The predicted molar refractivity (Wildman–Crippen MR) is 156 cm³/mol. The van der Waals surface area contributed by atoms with Gasteiger partial charge >= 0.3 is 228 Å². The van der Waals surface area contributed by atoms with Crippen LogP contribution in [0.5, 0.6) is 0 Å². The summed E-state index contributed by atoms with van der Waals surface area (Å²) in [6.45, 7) is 6.33. The van der Waals surface area contributed by atoms with Crippen molar-refractivity contribution in [2.24, 2.45) is 5.92 Å². The van der Waals surface area contributed by atoms with Crippen LogP contribution in [0.1, 0.15) is 33.1 Å². The fourth-order valence-electron chi connectivity index (χ4n) is 5.47. The van der Waals surface area contributed by atoms with Crippen molar-refractivity contribution >= 4 is 29.1 Å². The standard InChI is InChI=1S/C15H25O3.3C6H5.Sn/c1-5-13(8-9-16-4)18-11-14-12(3)7-10-17-15(14)6-2;3*1-2-4-6-5-3-1;/h3,8,14-15H,5-7,9-11H2,1-2,4H3;3*1-5H;/b12-3?,13-8+;;;;/t14-,15-;;;;/m0..../s1. The number of rotatable bonds is 11. The van der Waals surface area contributed by atoms with Crippen LogP contribution >= 0.6 is 0 Å². The molecule has 3 aromatic rings. The van der Waals surface area contributed by atoms with Gasteiger partial charge in [-0.2, -0.15) is 0 Å². The number of hydrogen-bond donors (Lipinski definition) is 0. The van der Waals surface area contributed by atoms with Crippen LogP contribution in [0.3, 0.4) is 0 Å². The quantitative estimate of drug-likeness (QED) is 0.217. The van der Waals surface area contributed by atoms with Gasteiger partial charge in [0.25, 0.3) is 0 Å². The number of benzene rings is 3. The van der Waals surface area contributed by atoms with Gasteiger partial charge < -0.3 is 0 Å². The Labute approximate surface area is 227 Å². The Morgan fingerprint density at radius 3 is 1.86 bits per heavy atom. The molecule has 1 heterocycles. The molecule has 0 aromatic heterocycles. The van der Waals surface area contributed by atoms with Crippen LogP contribution < -0.4 is 10.7 Å². The van der Waals surface area contributed by atoms with Crippen molar-refractivity contribution in [3.63, 3.8) is 0 Å². The minimum absolute atomic E-state index is 0.159. The molecule has 0 saturated carbocycles. The summed E-state index contributed by atoms with van der Waals surface area (Å²) in [4.78, 5) is 0. The zero-order chi connectivity index (χ0) is 25.9. The molecule has 194 valence electrons. The topological polar surface area (TPSA) is 27.7 Å². The molecule has 0 amide bonds. The second-order valence-electron chi connectivity index (χ2n) is 9.59. The van der Waals surface area contributed by atoms with E-state index in [1.54, 1.807) is 7.11 Å². The van der Waals surface area contributed by atoms with Gasteiger partial charge in [0, 0.05) is 0 Å². The first-order valence-electron chi connectivity index (χ1n) is 13.5. The molecule has 4 rings (SSSR count). The molecule has 0 bridgehead atoms. The van der Waals surface area contributed by atoms with Crippen LogP contribution in [-0.2, 0) is 14.2 Å². The van der Waals surface area contributed by atoms with Crippen molar-refractivity contribution in [2.75, 3.05) is 26.9 Å². The summed E-state index contributed by atoms with van der Waals surface area (Å²) in [5.74, 6) is 1.22. The molecule has 1 saturated heterocycles. The molecule has 1 aliphatic rings. The first-order valence-corrected chi connectivity index (χ1v) is 19.5. The molecule has 4 heteroatoms. The number of hydrogen-bond acceptors (Lipinski definition) is 3. The molecule has 1 aliphatic heterocycles. The SMILES string of the molecule is CC/C(=C\COC)OC[C@H]1/C(=[CH]/[Sn]([c]2ccccc2)([c]2ccccc2)[c]2ccccc2)CCO[C@H]1CC. The number of methoxy groups -OCH3 is 1. The third kappa shape index (κ3) is 6.57. The molecular weight excluding hydrogens is 563 g/mol. The summed E-state index contributed by atoms with van der Waals surface area (Å²) < 4.78 is 25.1. The van der Waals surface area contributed by atoms with E-state index in [4.69, 9.17) is 14.2 Å². The predicted octanol–water partition coefficient (Wildman–Crippen LogP) is 5.39. The van der Waals surface area contributed by atoms with Crippen molar-refractivity contribution in [1.29, 1.82) is 0 Å². The summed E-state index contributed by atoms with van der Waals surface area (Å²) in [5.41, 5.74) is 1.49. The van der Waals surface area contributed by atoms with Gasteiger partial charge in [0.2, 0.25) is 0 Å². The maximum atomic E-state index is 6.41. The maximum absolute atomic E-state index is 6.41. The van der Waals surface area contributed by atoms with Gasteiger partial charge in [-0.05, 0) is 0 Å². The minimum atomic E-state index is -3.55. The van der Waals surface area contributed by atoms with Crippen LogP contribution in [0.4, 0.5) is 0 Å². The van der Waals surface area contributed by atoms with E-state index in [1.807, 2.05) is 0 Å². The van der Waals surface area contributed by atoms with Gasteiger partial charge in [-0.15, -0.1) is 0 Å². The van der Waals surface area contributed by atoms with Crippen LogP contribution in [0.25, 0.3) is 0 Å². The number of allylic oxidation sites excluding steroid dienone is 1. The van der Waals surface area contributed by atoms with Crippen LogP contribution in [0.2, 0.25) is 0 Å². The Hall–Kier alpha value is -2.34. The summed E-state index contributed by atoms with van der Waals surface area (Å²) in [7, 11) is 1.72. The molecule has 0 N–H and O–H groups in total. The summed E-state index contributed by atoms with van der Waals surface area (Å²) in [5, 5.41) is 0. The molecule has 3 aromatic carbocycles. The first-order chi connectivity index (χ1) is 18.2. The third-order valence-corrected chi connectivity index (χ3v) is 20.4. The normalized spacial score (nSPS) is 19.6. The van der Waals surface area contributed by atoms with E-state index in [9.17, 15) is 0 Å². The Kier molecular flexibility index (Phi) is 10.5. The molecule has 0 aliphatic carbocycles. The van der Waals surface area contributed by atoms with Gasteiger partial charge in [-0.1, -0.05) is 0 Å². The molecule has 2 atom stereocenters. The summed E-state index contributed by atoms with van der Waals surface area (Å²) in [6, 6.07) is 33.6. The van der Waals surface area contributed by atoms with Crippen molar-refractivity contribution in [3.8, 4) is 0 Å². The fraction of sp³-hybridized carbons (Fsp3) is 0.333. The Morgan fingerprint density at radius 1 is 0.865 bits per heavy atom. The first kappa shape index (κ1) is 27.7.